The van der Waals surface area contributed by atoms with E-state index in [-0.39, 0.29) is 36.2 Å². The summed E-state index contributed by atoms with van der Waals surface area (Å²) in [5.41, 5.74) is 1.16. The molecule has 3 amide bonds. The number of hydrogen-bond acceptors (Lipinski definition) is 4. The predicted molar refractivity (Wildman–Crippen MR) is 107 cm³/mol. The maximum absolute atomic E-state index is 13.6. The van der Waals surface area contributed by atoms with Gasteiger partial charge in [0.25, 0.3) is 0 Å². The molecule has 0 aliphatic carbocycles. The lowest BCUT2D eigenvalue weighted by atomic mass is 9.76. The second kappa shape index (κ2) is 6.26. The molecule has 0 bridgehead atoms. The lowest BCUT2D eigenvalue weighted by molar-refractivity contribution is -0.143. The normalized spacial score (nSPS) is 30.2. The van der Waals surface area contributed by atoms with Crippen LogP contribution < -0.4 is 10.6 Å². The highest BCUT2D eigenvalue weighted by Crippen LogP contribution is 2.53. The van der Waals surface area contributed by atoms with Crippen molar-refractivity contribution in [1.82, 2.24) is 10.2 Å². The summed E-state index contributed by atoms with van der Waals surface area (Å²) in [4.78, 5) is 41.6. The number of nitrogens with zero attached hydrogens (tertiary/aromatic N) is 1. The number of rotatable bonds is 3. The summed E-state index contributed by atoms with van der Waals surface area (Å²) in [5.74, 6) is -1.91. The highest BCUT2D eigenvalue weighted by Gasteiger charge is 2.70. The van der Waals surface area contributed by atoms with Crippen LogP contribution in [-0.2, 0) is 26.5 Å². The number of nitrogens with one attached hydrogen (secondary N) is 2. The van der Waals surface area contributed by atoms with Crippen LogP contribution in [0.4, 0.5) is 5.69 Å². The lowest BCUT2D eigenvalue weighted by Crippen LogP contribution is -2.53. The predicted octanol–water partition coefficient (Wildman–Crippen LogP) is 2.26. The van der Waals surface area contributed by atoms with Crippen LogP contribution in [0.2, 0.25) is 0 Å². The Kier molecular flexibility index (Phi) is 3.90. The number of imide groups is 1. The SMILES string of the molecule is CC(C)C1N[C@@]2(C(=O)Nc3ccccc32)[C@@H]2C(=O)N(Cc3ccccc3)C(=O)[C@H]12. The molecule has 3 aliphatic rings. The molecule has 1 unspecified atom stereocenters. The second-order valence-corrected chi connectivity index (χ2v) is 8.47. The van der Waals surface area contributed by atoms with Crippen molar-refractivity contribution in [3.63, 3.8) is 0 Å². The topological polar surface area (TPSA) is 78.5 Å². The maximum atomic E-state index is 13.6. The summed E-state index contributed by atoms with van der Waals surface area (Å²) < 4.78 is 0. The molecule has 148 valence electrons. The first kappa shape index (κ1) is 18.1. The molecule has 6 nitrogen and oxygen atoms in total. The van der Waals surface area contributed by atoms with Crippen molar-refractivity contribution in [3.05, 3.63) is 65.7 Å². The minimum Gasteiger partial charge on any atom is -0.324 e. The second-order valence-electron chi connectivity index (χ2n) is 8.47. The van der Waals surface area contributed by atoms with Gasteiger partial charge < -0.3 is 5.32 Å². The molecule has 0 radical (unpaired) electrons. The Balaban J connectivity index is 1.62. The molecule has 1 spiro atoms. The van der Waals surface area contributed by atoms with Crippen LogP contribution in [0.5, 0.6) is 0 Å². The number of carbonyl (C=O) groups is 3. The Bertz CT molecular complexity index is 1020. The number of hydrogen-bond donors (Lipinski definition) is 2. The third kappa shape index (κ3) is 2.35. The third-order valence-corrected chi connectivity index (χ3v) is 6.55. The summed E-state index contributed by atoms with van der Waals surface area (Å²) in [6.07, 6.45) is 0. The largest absolute Gasteiger partial charge is 0.324 e. The molecule has 3 heterocycles. The van der Waals surface area contributed by atoms with Crippen LogP contribution >= 0.6 is 0 Å². The Morgan fingerprint density at radius 2 is 1.66 bits per heavy atom. The van der Waals surface area contributed by atoms with Crippen LogP contribution in [0.25, 0.3) is 0 Å². The van der Waals surface area contributed by atoms with Gasteiger partial charge in [0.1, 0.15) is 5.54 Å². The number of benzene rings is 2. The average Bonchev–Trinajstić information content (AvgIpc) is 3.30. The lowest BCUT2D eigenvalue weighted by Gasteiger charge is -2.30. The van der Waals surface area contributed by atoms with E-state index in [1.165, 1.54) is 4.90 Å². The van der Waals surface area contributed by atoms with Gasteiger partial charge in [0, 0.05) is 17.3 Å². The van der Waals surface area contributed by atoms with E-state index in [2.05, 4.69) is 10.6 Å². The molecule has 2 N–H and O–H groups in total. The fourth-order valence-corrected chi connectivity index (χ4v) is 5.24. The maximum Gasteiger partial charge on any atom is 0.250 e. The van der Waals surface area contributed by atoms with Gasteiger partial charge in [0.05, 0.1) is 18.4 Å². The van der Waals surface area contributed by atoms with E-state index in [1.807, 2.05) is 68.4 Å². The number of amides is 3. The third-order valence-electron chi connectivity index (χ3n) is 6.55. The van der Waals surface area contributed by atoms with Gasteiger partial charge in [-0.25, -0.2) is 0 Å². The first-order valence-electron chi connectivity index (χ1n) is 10.0. The van der Waals surface area contributed by atoms with Gasteiger partial charge in [-0.2, -0.15) is 0 Å². The van der Waals surface area contributed by atoms with E-state index < -0.39 is 17.4 Å². The highest BCUT2D eigenvalue weighted by atomic mass is 16.2. The summed E-state index contributed by atoms with van der Waals surface area (Å²) in [6, 6.07) is 16.7. The number of para-hydroxylation sites is 1. The first-order chi connectivity index (χ1) is 13.9. The number of anilines is 1. The summed E-state index contributed by atoms with van der Waals surface area (Å²) in [5, 5.41) is 6.36. The Hall–Kier alpha value is -2.99. The molecule has 29 heavy (non-hydrogen) atoms. The van der Waals surface area contributed by atoms with Gasteiger partial charge in [0.2, 0.25) is 17.7 Å². The zero-order valence-corrected chi connectivity index (χ0v) is 16.4. The van der Waals surface area contributed by atoms with Gasteiger partial charge in [-0.3, -0.25) is 24.6 Å². The van der Waals surface area contributed by atoms with Crippen molar-refractivity contribution in [2.24, 2.45) is 17.8 Å². The van der Waals surface area contributed by atoms with E-state index >= 15 is 0 Å². The van der Waals surface area contributed by atoms with Gasteiger partial charge in [-0.05, 0) is 17.5 Å². The number of carbonyl (C=O) groups excluding carboxylic acids is 3. The molecule has 0 aromatic heterocycles. The van der Waals surface area contributed by atoms with Crippen LogP contribution in [0.1, 0.15) is 25.0 Å². The first-order valence-corrected chi connectivity index (χ1v) is 10.0. The van der Waals surface area contributed by atoms with E-state index in [4.69, 9.17) is 0 Å². The molecule has 2 saturated heterocycles. The number of fused-ring (bicyclic) bond motifs is 4. The van der Waals surface area contributed by atoms with Crippen molar-refractivity contribution < 1.29 is 14.4 Å². The molecule has 6 heteroatoms. The molecule has 3 aliphatic heterocycles. The van der Waals surface area contributed by atoms with E-state index in [1.54, 1.807) is 0 Å². The Morgan fingerprint density at radius 3 is 2.38 bits per heavy atom. The van der Waals surface area contributed by atoms with Gasteiger partial charge in [0.15, 0.2) is 0 Å². The average molecular weight is 389 g/mol. The fourth-order valence-electron chi connectivity index (χ4n) is 5.24. The molecule has 2 aromatic rings. The Morgan fingerprint density at radius 1 is 0.966 bits per heavy atom. The standard InChI is InChI=1S/C23H23N3O3/c1-13(2)19-17-18(21(28)26(20(17)27)12-14-8-4-3-5-9-14)23(25-19)15-10-6-7-11-16(15)24-22(23)29/h3-11,13,17-19,25H,12H2,1-2H3,(H,24,29)/t17-,18-,19?,23+/m0/s1. The van der Waals surface area contributed by atoms with E-state index in [0.717, 1.165) is 11.1 Å². The summed E-state index contributed by atoms with van der Waals surface area (Å²) in [6.45, 7) is 4.27. The quantitative estimate of drug-likeness (QED) is 0.790. The summed E-state index contributed by atoms with van der Waals surface area (Å²) in [7, 11) is 0. The van der Waals surface area contributed by atoms with E-state index in [9.17, 15) is 14.4 Å². The molecule has 4 atom stereocenters. The molecular weight excluding hydrogens is 366 g/mol. The van der Waals surface area contributed by atoms with Crippen molar-refractivity contribution >= 4 is 23.4 Å². The molecular formula is C23H23N3O3. The van der Waals surface area contributed by atoms with E-state index in [0.29, 0.717) is 5.69 Å². The molecule has 0 saturated carbocycles. The van der Waals surface area contributed by atoms with Crippen molar-refractivity contribution in [3.8, 4) is 0 Å². The van der Waals surface area contributed by atoms with Gasteiger partial charge >= 0.3 is 0 Å². The van der Waals surface area contributed by atoms with Crippen LogP contribution in [0, 0.1) is 17.8 Å². The van der Waals surface area contributed by atoms with Crippen molar-refractivity contribution in [2.75, 3.05) is 5.32 Å². The van der Waals surface area contributed by atoms with Crippen molar-refractivity contribution in [1.29, 1.82) is 0 Å². The number of likely N-dealkylation sites (tertiary alicyclic amines) is 1. The monoisotopic (exact) mass is 389 g/mol. The smallest absolute Gasteiger partial charge is 0.250 e. The molecule has 5 rings (SSSR count). The minimum absolute atomic E-state index is 0.0934. The Labute approximate surface area is 169 Å². The summed E-state index contributed by atoms with van der Waals surface area (Å²) >= 11 is 0. The zero-order valence-electron chi connectivity index (χ0n) is 16.4. The molecule has 2 aromatic carbocycles. The zero-order chi connectivity index (χ0) is 20.3. The fraction of sp³-hybridized carbons (Fsp3) is 0.348. The van der Waals surface area contributed by atoms with Crippen LogP contribution in [0.15, 0.2) is 54.6 Å². The minimum atomic E-state index is -1.20. The van der Waals surface area contributed by atoms with Crippen LogP contribution in [0.3, 0.4) is 0 Å². The van der Waals surface area contributed by atoms with Gasteiger partial charge in [-0.15, -0.1) is 0 Å². The van der Waals surface area contributed by atoms with Crippen molar-refractivity contribution in [2.45, 2.75) is 32.0 Å². The van der Waals surface area contributed by atoms with Gasteiger partial charge in [-0.1, -0.05) is 62.4 Å². The molecule has 2 fully saturated rings. The highest BCUT2D eigenvalue weighted by molar-refractivity contribution is 6.15. The van der Waals surface area contributed by atoms with Crippen LogP contribution in [-0.4, -0.2) is 28.7 Å².